The monoisotopic (exact) mass is 229 g/mol. The number of carboxylic acids is 1. The average molecular weight is 229 g/mol. The van der Waals surface area contributed by atoms with E-state index in [2.05, 4.69) is 0 Å². The first-order valence-electron chi connectivity index (χ1n) is 5.56. The number of aliphatic carboxylic acids is 1. The van der Waals surface area contributed by atoms with Gasteiger partial charge < -0.3 is 10.8 Å². The molecule has 1 unspecified atom stereocenters. The molecule has 1 aliphatic carbocycles. The molecule has 0 bridgehead atoms. The van der Waals surface area contributed by atoms with Crippen molar-refractivity contribution >= 4 is 11.5 Å². The second-order valence-electron chi connectivity index (χ2n) is 4.23. The Hall–Kier alpha value is -1.87. The van der Waals surface area contributed by atoms with Crippen LogP contribution in [0.25, 0.3) is 5.57 Å². The van der Waals surface area contributed by atoms with Crippen LogP contribution in [0, 0.1) is 5.41 Å². The highest BCUT2D eigenvalue weighted by atomic mass is 16.4. The molecule has 17 heavy (non-hydrogen) atoms. The van der Waals surface area contributed by atoms with Crippen molar-refractivity contribution < 1.29 is 9.90 Å². The molecule has 3 heteroatoms. The Morgan fingerprint density at radius 2 is 2.06 bits per heavy atom. The van der Waals surface area contributed by atoms with Crippen LogP contribution < -0.4 is 5.73 Å². The number of hydrogen-bond donors (Lipinski definition) is 2. The second kappa shape index (κ2) is 4.55. The van der Waals surface area contributed by atoms with Crippen LogP contribution >= 0.6 is 0 Å². The van der Waals surface area contributed by atoms with Crippen molar-refractivity contribution in [1.29, 1.82) is 0 Å². The lowest BCUT2D eigenvalue weighted by molar-refractivity contribution is -0.145. The lowest BCUT2D eigenvalue weighted by Gasteiger charge is -2.26. The zero-order valence-electron chi connectivity index (χ0n) is 9.47. The van der Waals surface area contributed by atoms with Gasteiger partial charge in [-0.2, -0.15) is 0 Å². The van der Waals surface area contributed by atoms with E-state index in [1.807, 2.05) is 42.5 Å². The van der Waals surface area contributed by atoms with Crippen molar-refractivity contribution in [3.05, 3.63) is 54.1 Å². The fourth-order valence-corrected chi connectivity index (χ4v) is 1.92. The van der Waals surface area contributed by atoms with Crippen molar-refractivity contribution in [3.63, 3.8) is 0 Å². The molecule has 2 rings (SSSR count). The summed E-state index contributed by atoms with van der Waals surface area (Å²) in [6.45, 7) is 0.122. The van der Waals surface area contributed by atoms with E-state index in [1.54, 1.807) is 6.08 Å². The largest absolute Gasteiger partial charge is 0.481 e. The van der Waals surface area contributed by atoms with Crippen LogP contribution in [0.5, 0.6) is 0 Å². The summed E-state index contributed by atoms with van der Waals surface area (Å²) in [5.74, 6) is -0.861. The van der Waals surface area contributed by atoms with E-state index in [-0.39, 0.29) is 6.54 Å². The van der Waals surface area contributed by atoms with Gasteiger partial charge in [0.2, 0.25) is 0 Å². The van der Waals surface area contributed by atoms with Crippen LogP contribution in [0.4, 0.5) is 0 Å². The number of rotatable bonds is 3. The lowest BCUT2D eigenvalue weighted by atomic mass is 9.79. The van der Waals surface area contributed by atoms with Gasteiger partial charge in [0.25, 0.3) is 0 Å². The van der Waals surface area contributed by atoms with Gasteiger partial charge in [-0.15, -0.1) is 0 Å². The maximum absolute atomic E-state index is 11.2. The second-order valence-corrected chi connectivity index (χ2v) is 4.23. The topological polar surface area (TPSA) is 63.3 Å². The molecule has 0 aliphatic heterocycles. The maximum atomic E-state index is 11.2. The highest BCUT2D eigenvalue weighted by Gasteiger charge is 2.35. The van der Waals surface area contributed by atoms with Gasteiger partial charge in [0.15, 0.2) is 0 Å². The summed E-state index contributed by atoms with van der Waals surface area (Å²) in [4.78, 5) is 11.2. The first-order valence-corrected chi connectivity index (χ1v) is 5.56. The number of nitrogens with two attached hydrogens (primary N) is 1. The zero-order chi connectivity index (χ0) is 12.3. The summed E-state index contributed by atoms with van der Waals surface area (Å²) >= 11 is 0. The Labute approximate surface area is 100 Å². The Bertz CT molecular complexity index is 476. The average Bonchev–Trinajstić information content (AvgIpc) is 2.39. The molecule has 88 valence electrons. The van der Waals surface area contributed by atoms with Gasteiger partial charge >= 0.3 is 5.97 Å². The van der Waals surface area contributed by atoms with Crippen LogP contribution in [-0.2, 0) is 4.79 Å². The van der Waals surface area contributed by atoms with E-state index in [0.717, 1.165) is 11.1 Å². The minimum absolute atomic E-state index is 0.122. The number of benzene rings is 1. The van der Waals surface area contributed by atoms with Crippen LogP contribution in [0.2, 0.25) is 0 Å². The van der Waals surface area contributed by atoms with Crippen molar-refractivity contribution in [1.82, 2.24) is 0 Å². The third-order valence-electron chi connectivity index (χ3n) is 3.17. The summed E-state index contributed by atoms with van der Waals surface area (Å²) in [6.07, 6.45) is 5.94. The van der Waals surface area contributed by atoms with Crippen molar-refractivity contribution in [2.75, 3.05) is 6.54 Å². The molecule has 0 heterocycles. The zero-order valence-corrected chi connectivity index (χ0v) is 9.47. The quantitative estimate of drug-likeness (QED) is 0.833. The van der Waals surface area contributed by atoms with E-state index in [0.29, 0.717) is 6.42 Å². The van der Waals surface area contributed by atoms with Crippen LogP contribution in [0.3, 0.4) is 0 Å². The van der Waals surface area contributed by atoms with Crippen molar-refractivity contribution in [2.24, 2.45) is 11.1 Å². The highest BCUT2D eigenvalue weighted by Crippen LogP contribution is 2.32. The molecule has 0 aromatic heterocycles. The standard InChI is InChI=1S/C14H15NO2/c15-10-14(13(16)17)8-6-12(7-9-14)11-4-2-1-3-5-11/h1-8H,9-10,15H2,(H,16,17). The summed E-state index contributed by atoms with van der Waals surface area (Å²) in [7, 11) is 0. The molecule has 0 saturated heterocycles. The van der Waals surface area contributed by atoms with Crippen LogP contribution in [0.15, 0.2) is 48.6 Å². The molecule has 0 radical (unpaired) electrons. The molecule has 3 nitrogen and oxygen atoms in total. The van der Waals surface area contributed by atoms with Crippen molar-refractivity contribution in [3.8, 4) is 0 Å². The molecule has 1 aromatic carbocycles. The van der Waals surface area contributed by atoms with Gasteiger partial charge in [0, 0.05) is 6.54 Å². The molecular formula is C14H15NO2. The van der Waals surface area contributed by atoms with E-state index >= 15 is 0 Å². The fraction of sp³-hybridized carbons (Fsp3) is 0.214. The third-order valence-corrected chi connectivity index (χ3v) is 3.17. The Morgan fingerprint density at radius 1 is 1.35 bits per heavy atom. The van der Waals surface area contributed by atoms with Gasteiger partial charge in [0.1, 0.15) is 5.41 Å². The van der Waals surface area contributed by atoms with Gasteiger partial charge in [-0.3, -0.25) is 4.79 Å². The predicted octanol–water partition coefficient (Wildman–Crippen LogP) is 2.06. The van der Waals surface area contributed by atoms with E-state index in [1.165, 1.54) is 0 Å². The molecule has 0 fully saturated rings. The third kappa shape index (κ3) is 2.15. The first kappa shape index (κ1) is 11.6. The fourth-order valence-electron chi connectivity index (χ4n) is 1.92. The smallest absolute Gasteiger partial charge is 0.315 e. The van der Waals surface area contributed by atoms with E-state index < -0.39 is 11.4 Å². The highest BCUT2D eigenvalue weighted by molar-refractivity contribution is 5.83. The molecule has 0 amide bonds. The van der Waals surface area contributed by atoms with Gasteiger partial charge in [0.05, 0.1) is 0 Å². The van der Waals surface area contributed by atoms with Crippen molar-refractivity contribution in [2.45, 2.75) is 6.42 Å². The summed E-state index contributed by atoms with van der Waals surface area (Å²) in [5, 5.41) is 9.19. The maximum Gasteiger partial charge on any atom is 0.315 e. The molecule has 1 aromatic rings. The molecular weight excluding hydrogens is 214 g/mol. The summed E-state index contributed by atoms with van der Waals surface area (Å²) < 4.78 is 0. The minimum atomic E-state index is -0.932. The van der Waals surface area contributed by atoms with Gasteiger partial charge in [-0.05, 0) is 17.6 Å². The lowest BCUT2D eigenvalue weighted by Crippen LogP contribution is -2.37. The van der Waals surface area contributed by atoms with E-state index in [4.69, 9.17) is 5.73 Å². The van der Waals surface area contributed by atoms with Gasteiger partial charge in [-0.25, -0.2) is 0 Å². The van der Waals surface area contributed by atoms with Crippen LogP contribution in [-0.4, -0.2) is 17.6 Å². The molecule has 1 atom stereocenters. The van der Waals surface area contributed by atoms with Gasteiger partial charge in [-0.1, -0.05) is 48.6 Å². The molecule has 0 spiro atoms. The first-order chi connectivity index (χ1) is 8.18. The van der Waals surface area contributed by atoms with Crippen LogP contribution in [0.1, 0.15) is 12.0 Å². The number of carboxylic acid groups (broad SMARTS) is 1. The SMILES string of the molecule is NCC1(C(=O)O)C=CC(c2ccccc2)=CC1. The molecule has 0 saturated carbocycles. The predicted molar refractivity (Wildman–Crippen MR) is 67.3 cm³/mol. The Balaban J connectivity index is 2.25. The normalized spacial score (nSPS) is 23.2. The van der Waals surface area contributed by atoms with E-state index in [9.17, 15) is 9.90 Å². The summed E-state index contributed by atoms with van der Waals surface area (Å²) in [5.41, 5.74) is 6.78. The minimum Gasteiger partial charge on any atom is -0.481 e. The molecule has 3 N–H and O–H groups in total. The molecule has 1 aliphatic rings. The number of hydrogen-bond acceptors (Lipinski definition) is 2. The number of carbonyl (C=O) groups is 1. The number of allylic oxidation sites excluding steroid dienone is 3. The summed E-state index contributed by atoms with van der Waals surface area (Å²) in [6, 6.07) is 9.90. The Morgan fingerprint density at radius 3 is 2.53 bits per heavy atom. The Kier molecular flexibility index (Phi) is 3.11.